The second kappa shape index (κ2) is 4.43. The van der Waals surface area contributed by atoms with Gasteiger partial charge in [-0.25, -0.2) is 9.48 Å². The topological polar surface area (TPSA) is 86.5 Å². The number of ether oxygens (including phenoxy) is 2. The van der Waals surface area contributed by atoms with Crippen molar-refractivity contribution in [2.45, 2.75) is 6.54 Å². The number of aromatic carboxylic acids is 1. The van der Waals surface area contributed by atoms with E-state index in [1.807, 2.05) is 0 Å². The van der Waals surface area contributed by atoms with Crippen molar-refractivity contribution >= 4 is 17.6 Å². The molecule has 0 atom stereocenters. The molecule has 7 nitrogen and oxygen atoms in total. The highest BCUT2D eigenvalue weighted by Gasteiger charge is 2.18. The van der Waals surface area contributed by atoms with Gasteiger partial charge in [0.25, 0.3) is 0 Å². The van der Waals surface area contributed by atoms with E-state index in [1.165, 1.54) is 10.9 Å². The Morgan fingerprint density at radius 3 is 3.05 bits per heavy atom. The van der Waals surface area contributed by atoms with Gasteiger partial charge in [0.05, 0.1) is 17.8 Å². The molecule has 8 heteroatoms. The first kappa shape index (κ1) is 11.8. The summed E-state index contributed by atoms with van der Waals surface area (Å²) < 4.78 is 11.9. The molecule has 0 fully saturated rings. The van der Waals surface area contributed by atoms with Crippen molar-refractivity contribution in [2.75, 3.05) is 6.79 Å². The Labute approximate surface area is 112 Å². The fourth-order valence-electron chi connectivity index (χ4n) is 1.77. The molecule has 0 amide bonds. The molecule has 19 heavy (non-hydrogen) atoms. The Morgan fingerprint density at radius 1 is 1.47 bits per heavy atom. The number of halogens is 1. The summed E-state index contributed by atoms with van der Waals surface area (Å²) in [4.78, 5) is 10.7. The van der Waals surface area contributed by atoms with Crippen LogP contribution < -0.4 is 9.47 Å². The smallest absolute Gasteiger partial charge is 0.358 e. The maximum absolute atomic E-state index is 10.7. The number of aromatic nitrogens is 3. The van der Waals surface area contributed by atoms with Crippen LogP contribution in [0.4, 0.5) is 0 Å². The summed E-state index contributed by atoms with van der Waals surface area (Å²) >= 11 is 6.05. The van der Waals surface area contributed by atoms with E-state index < -0.39 is 5.97 Å². The lowest BCUT2D eigenvalue weighted by molar-refractivity contribution is 0.0690. The van der Waals surface area contributed by atoms with Gasteiger partial charge in [-0.3, -0.25) is 0 Å². The highest BCUT2D eigenvalue weighted by atomic mass is 35.5. The average molecular weight is 282 g/mol. The van der Waals surface area contributed by atoms with Crippen molar-refractivity contribution in [2.24, 2.45) is 0 Å². The van der Waals surface area contributed by atoms with Crippen LogP contribution in [0.2, 0.25) is 5.02 Å². The number of carboxylic acid groups (broad SMARTS) is 1. The number of carbonyl (C=O) groups is 1. The quantitative estimate of drug-likeness (QED) is 0.915. The molecule has 0 aliphatic carbocycles. The van der Waals surface area contributed by atoms with E-state index in [-0.39, 0.29) is 12.5 Å². The zero-order chi connectivity index (χ0) is 13.4. The van der Waals surface area contributed by atoms with Crippen molar-refractivity contribution in [3.8, 4) is 11.5 Å². The van der Waals surface area contributed by atoms with Gasteiger partial charge in [0, 0.05) is 0 Å². The molecule has 2 aromatic rings. The van der Waals surface area contributed by atoms with Crippen LogP contribution in [0.25, 0.3) is 0 Å². The lowest BCUT2D eigenvalue weighted by atomic mass is 10.2. The molecule has 0 saturated heterocycles. The van der Waals surface area contributed by atoms with Gasteiger partial charge in [-0.15, -0.1) is 5.10 Å². The van der Waals surface area contributed by atoms with Crippen LogP contribution in [0, 0.1) is 0 Å². The molecule has 0 radical (unpaired) electrons. The molecular weight excluding hydrogens is 274 g/mol. The van der Waals surface area contributed by atoms with E-state index in [2.05, 4.69) is 10.3 Å². The molecule has 0 unspecified atom stereocenters. The minimum Gasteiger partial charge on any atom is -0.476 e. The van der Waals surface area contributed by atoms with Crippen LogP contribution in [0.1, 0.15) is 16.1 Å². The summed E-state index contributed by atoms with van der Waals surface area (Å²) in [6.45, 7) is 0.488. The Balaban J connectivity index is 1.87. The summed E-state index contributed by atoms with van der Waals surface area (Å²) in [5.41, 5.74) is 0.711. The number of carboxylic acids is 1. The van der Waals surface area contributed by atoms with Crippen molar-refractivity contribution in [3.05, 3.63) is 34.6 Å². The third kappa shape index (κ3) is 2.19. The number of hydrogen-bond acceptors (Lipinski definition) is 5. The molecule has 1 N–H and O–H groups in total. The maximum Gasteiger partial charge on any atom is 0.358 e. The molecular formula is C11H8ClN3O4. The SMILES string of the molecule is O=C(O)c1cn(Cc2cc(Cl)c3c(c2)OCO3)nn1. The standard InChI is InChI=1S/C11H8ClN3O4/c12-7-1-6(2-9-10(7)19-5-18-9)3-15-4-8(11(16)17)13-14-15/h1-2,4H,3,5H2,(H,16,17). The van der Waals surface area contributed by atoms with Crippen molar-refractivity contribution in [3.63, 3.8) is 0 Å². The summed E-state index contributed by atoms with van der Waals surface area (Å²) in [6, 6.07) is 3.49. The first-order valence-electron chi connectivity index (χ1n) is 5.35. The molecule has 1 aliphatic heterocycles. The van der Waals surface area contributed by atoms with Crippen LogP contribution >= 0.6 is 11.6 Å². The van der Waals surface area contributed by atoms with Gasteiger partial charge in [-0.2, -0.15) is 0 Å². The minimum absolute atomic E-state index is 0.105. The Morgan fingerprint density at radius 2 is 2.32 bits per heavy atom. The molecule has 0 bridgehead atoms. The predicted molar refractivity (Wildman–Crippen MR) is 63.7 cm³/mol. The second-order valence-electron chi connectivity index (χ2n) is 3.92. The van der Waals surface area contributed by atoms with E-state index in [4.69, 9.17) is 26.2 Å². The zero-order valence-electron chi connectivity index (χ0n) is 9.54. The van der Waals surface area contributed by atoms with Gasteiger partial charge in [-0.1, -0.05) is 16.8 Å². The van der Waals surface area contributed by atoms with Crippen molar-refractivity contribution in [1.82, 2.24) is 15.0 Å². The summed E-state index contributed by atoms with van der Waals surface area (Å²) in [6.07, 6.45) is 1.35. The Kier molecular flexibility index (Phi) is 2.75. The number of nitrogens with zero attached hydrogens (tertiary/aromatic N) is 3. The number of benzene rings is 1. The van der Waals surface area contributed by atoms with Gasteiger partial charge in [0.2, 0.25) is 6.79 Å². The zero-order valence-corrected chi connectivity index (χ0v) is 10.3. The highest BCUT2D eigenvalue weighted by molar-refractivity contribution is 6.32. The van der Waals surface area contributed by atoms with Gasteiger partial charge in [0.1, 0.15) is 0 Å². The van der Waals surface area contributed by atoms with Crippen LogP contribution in [0.5, 0.6) is 11.5 Å². The first-order chi connectivity index (χ1) is 9.13. The largest absolute Gasteiger partial charge is 0.476 e. The Bertz CT molecular complexity index is 655. The number of hydrogen-bond donors (Lipinski definition) is 1. The molecule has 1 aliphatic rings. The van der Waals surface area contributed by atoms with Gasteiger partial charge in [-0.05, 0) is 17.7 Å². The third-order valence-corrected chi connectivity index (χ3v) is 2.87. The molecule has 0 spiro atoms. The summed E-state index contributed by atoms with van der Waals surface area (Å²) in [7, 11) is 0. The summed E-state index contributed by atoms with van der Waals surface area (Å²) in [5.74, 6) is -0.0220. The second-order valence-corrected chi connectivity index (χ2v) is 4.33. The van der Waals surface area contributed by atoms with E-state index in [9.17, 15) is 4.79 Å². The fourth-order valence-corrected chi connectivity index (χ4v) is 2.06. The molecule has 0 saturated carbocycles. The van der Waals surface area contributed by atoms with Crippen LogP contribution in [0.15, 0.2) is 18.3 Å². The fraction of sp³-hybridized carbons (Fsp3) is 0.182. The number of fused-ring (bicyclic) bond motifs is 1. The Hall–Kier alpha value is -2.28. The monoisotopic (exact) mass is 281 g/mol. The molecule has 98 valence electrons. The van der Waals surface area contributed by atoms with Crippen molar-refractivity contribution < 1.29 is 19.4 Å². The van der Waals surface area contributed by atoms with Gasteiger partial charge >= 0.3 is 5.97 Å². The third-order valence-electron chi connectivity index (χ3n) is 2.59. The number of rotatable bonds is 3. The van der Waals surface area contributed by atoms with Crippen LogP contribution in [0.3, 0.4) is 0 Å². The molecule has 1 aromatic carbocycles. The lowest BCUT2D eigenvalue weighted by Crippen LogP contribution is -2.00. The molecule has 3 rings (SSSR count). The normalized spacial score (nSPS) is 12.7. The van der Waals surface area contributed by atoms with E-state index in [0.717, 1.165) is 5.56 Å². The highest BCUT2D eigenvalue weighted by Crippen LogP contribution is 2.39. The van der Waals surface area contributed by atoms with Gasteiger partial charge < -0.3 is 14.6 Å². The van der Waals surface area contributed by atoms with Crippen LogP contribution in [-0.2, 0) is 6.54 Å². The van der Waals surface area contributed by atoms with E-state index >= 15 is 0 Å². The minimum atomic E-state index is -1.12. The molecule has 1 aromatic heterocycles. The van der Waals surface area contributed by atoms with Gasteiger partial charge in [0.15, 0.2) is 17.2 Å². The first-order valence-corrected chi connectivity index (χ1v) is 5.73. The van der Waals surface area contributed by atoms with E-state index in [1.54, 1.807) is 12.1 Å². The van der Waals surface area contributed by atoms with Crippen molar-refractivity contribution in [1.29, 1.82) is 0 Å². The molecule has 2 heterocycles. The summed E-state index contributed by atoms with van der Waals surface area (Å²) in [5, 5.41) is 16.5. The predicted octanol–water partition coefficient (Wildman–Crippen LogP) is 1.41. The maximum atomic E-state index is 10.7. The average Bonchev–Trinajstić information content (AvgIpc) is 2.97. The van der Waals surface area contributed by atoms with E-state index in [0.29, 0.717) is 23.1 Å². The lowest BCUT2D eigenvalue weighted by Gasteiger charge is -2.04. The van der Waals surface area contributed by atoms with Crippen LogP contribution in [-0.4, -0.2) is 32.9 Å².